The highest BCUT2D eigenvalue weighted by atomic mass is 32.1. The van der Waals surface area contributed by atoms with E-state index in [1.165, 1.54) is 63.2 Å². The van der Waals surface area contributed by atoms with E-state index in [-0.39, 0.29) is 0 Å². The van der Waals surface area contributed by atoms with E-state index in [4.69, 9.17) is 8.83 Å². The zero-order valence-corrected chi connectivity index (χ0v) is 36.9. The van der Waals surface area contributed by atoms with Crippen LogP contribution in [0.25, 0.3) is 86.3 Å². The Kier molecular flexibility index (Phi) is 7.87. The number of anilines is 3. The summed E-state index contributed by atoms with van der Waals surface area (Å²) in [6.45, 7) is 0. The summed E-state index contributed by atoms with van der Waals surface area (Å²) in [5, 5.41) is 12.9. The Morgan fingerprint density at radius 2 is 0.877 bits per heavy atom. The van der Waals surface area contributed by atoms with E-state index in [1.54, 1.807) is 0 Å². The summed E-state index contributed by atoms with van der Waals surface area (Å²) in [6, 6.07) is 82.2. The Bertz CT molecular complexity index is 3860. The number of thiophene rings is 1. The van der Waals surface area contributed by atoms with Crippen molar-refractivity contribution in [3.05, 3.63) is 224 Å². The zero-order chi connectivity index (χ0) is 42.6. The van der Waals surface area contributed by atoms with Crippen molar-refractivity contribution < 1.29 is 8.83 Å². The van der Waals surface area contributed by atoms with Crippen molar-refractivity contribution in [1.82, 2.24) is 0 Å². The number of hydrogen-bond donors (Lipinski definition) is 0. The highest BCUT2D eigenvalue weighted by molar-refractivity contribution is 7.26. The van der Waals surface area contributed by atoms with Gasteiger partial charge in [0.05, 0.1) is 0 Å². The molecule has 65 heavy (non-hydrogen) atoms. The molecule has 4 heterocycles. The second kappa shape index (κ2) is 14.0. The third-order valence-corrected chi connectivity index (χ3v) is 19.7. The Balaban J connectivity index is 0.960. The second-order valence-electron chi connectivity index (χ2n) is 17.1. The molecule has 3 aromatic heterocycles. The summed E-state index contributed by atoms with van der Waals surface area (Å²) in [5.41, 5.74) is 11.7. The van der Waals surface area contributed by atoms with Crippen LogP contribution in [0.2, 0.25) is 0 Å². The molecule has 5 heteroatoms. The van der Waals surface area contributed by atoms with E-state index < -0.39 is 8.07 Å². The molecule has 3 nitrogen and oxygen atoms in total. The van der Waals surface area contributed by atoms with Gasteiger partial charge in [-0.2, -0.15) is 0 Å². The van der Waals surface area contributed by atoms with Gasteiger partial charge in [0.25, 0.3) is 0 Å². The molecule has 0 amide bonds. The minimum absolute atomic E-state index is 0.854. The van der Waals surface area contributed by atoms with Crippen molar-refractivity contribution in [2.24, 2.45) is 0 Å². The molecule has 0 aliphatic carbocycles. The molecule has 14 rings (SSSR count). The maximum Gasteiger partial charge on any atom is 0.180 e. The predicted octanol–water partition coefficient (Wildman–Crippen LogP) is 14.3. The van der Waals surface area contributed by atoms with E-state index in [0.717, 1.165) is 60.9 Å². The molecule has 0 radical (unpaired) electrons. The van der Waals surface area contributed by atoms with Crippen molar-refractivity contribution in [3.63, 3.8) is 0 Å². The van der Waals surface area contributed by atoms with Crippen LogP contribution in [-0.2, 0) is 0 Å². The SMILES string of the molecule is c1ccc([Si]2(c3ccccc3)c3ccccc3-c3c2ccc2sc4cccc(-c5ccc(N(c6ccc7c(c6)oc6ccccc67)c6ccc7c(c6)oc6ccccc67)cc5)c4c32)cc1. The van der Waals surface area contributed by atoms with Gasteiger partial charge in [-0.3, -0.25) is 0 Å². The largest absolute Gasteiger partial charge is 0.456 e. The van der Waals surface area contributed by atoms with Crippen LogP contribution in [0.5, 0.6) is 0 Å². The van der Waals surface area contributed by atoms with E-state index in [0.29, 0.717) is 0 Å². The lowest BCUT2D eigenvalue weighted by Crippen LogP contribution is -2.72. The third-order valence-electron chi connectivity index (χ3n) is 13.8. The molecule has 0 fully saturated rings. The van der Waals surface area contributed by atoms with Crippen molar-refractivity contribution in [2.75, 3.05) is 4.90 Å². The van der Waals surface area contributed by atoms with E-state index >= 15 is 0 Å². The summed E-state index contributed by atoms with van der Waals surface area (Å²) in [7, 11) is -2.65. The molecular formula is C60H37NO2SSi. The minimum Gasteiger partial charge on any atom is -0.456 e. The molecule has 0 bridgehead atoms. The molecule has 304 valence electrons. The number of furan rings is 2. The van der Waals surface area contributed by atoms with Gasteiger partial charge in [-0.25, -0.2) is 0 Å². The van der Waals surface area contributed by atoms with Crippen LogP contribution in [0.1, 0.15) is 0 Å². The van der Waals surface area contributed by atoms with Crippen molar-refractivity contribution in [2.45, 2.75) is 0 Å². The lowest BCUT2D eigenvalue weighted by atomic mass is 9.94. The fourth-order valence-corrected chi connectivity index (χ4v) is 17.3. The second-order valence-corrected chi connectivity index (χ2v) is 21.9. The maximum absolute atomic E-state index is 6.45. The van der Waals surface area contributed by atoms with Gasteiger partial charge in [0.1, 0.15) is 22.3 Å². The van der Waals surface area contributed by atoms with E-state index in [2.05, 4.69) is 205 Å². The monoisotopic (exact) mass is 863 g/mol. The third kappa shape index (κ3) is 5.28. The van der Waals surface area contributed by atoms with Crippen molar-refractivity contribution in [1.29, 1.82) is 0 Å². The van der Waals surface area contributed by atoms with Gasteiger partial charge in [-0.15, -0.1) is 11.3 Å². The molecule has 0 atom stereocenters. The Hall–Kier alpha value is -7.96. The first-order chi connectivity index (χ1) is 32.2. The molecule has 10 aromatic carbocycles. The first-order valence-electron chi connectivity index (χ1n) is 22.2. The number of benzene rings is 10. The number of hydrogen-bond acceptors (Lipinski definition) is 4. The first kappa shape index (κ1) is 36.5. The fourth-order valence-electron chi connectivity index (χ4n) is 11.0. The fraction of sp³-hybridized carbons (Fsp3) is 0. The quantitative estimate of drug-likeness (QED) is 0.156. The van der Waals surface area contributed by atoms with Crippen LogP contribution in [0.15, 0.2) is 233 Å². The molecular weight excluding hydrogens is 827 g/mol. The Morgan fingerprint density at radius 1 is 0.354 bits per heavy atom. The normalized spacial score (nSPS) is 13.0. The number of nitrogens with zero attached hydrogens (tertiary/aromatic N) is 1. The highest BCUT2D eigenvalue weighted by Crippen LogP contribution is 2.47. The lowest BCUT2D eigenvalue weighted by Gasteiger charge is -2.31. The molecule has 1 aliphatic heterocycles. The molecule has 0 saturated heterocycles. The summed E-state index contributed by atoms with van der Waals surface area (Å²) >= 11 is 1.90. The van der Waals surface area contributed by atoms with E-state index in [9.17, 15) is 0 Å². The molecule has 0 spiro atoms. The van der Waals surface area contributed by atoms with Crippen LogP contribution in [0, 0.1) is 0 Å². The first-order valence-corrected chi connectivity index (χ1v) is 25.0. The van der Waals surface area contributed by atoms with Crippen LogP contribution < -0.4 is 25.6 Å². The van der Waals surface area contributed by atoms with Gasteiger partial charge in [0.2, 0.25) is 0 Å². The van der Waals surface area contributed by atoms with Gasteiger partial charge >= 0.3 is 0 Å². The topological polar surface area (TPSA) is 29.5 Å². The summed E-state index contributed by atoms with van der Waals surface area (Å²) < 4.78 is 15.5. The average molecular weight is 864 g/mol. The molecule has 0 unspecified atom stereocenters. The molecule has 13 aromatic rings. The van der Waals surface area contributed by atoms with Crippen LogP contribution in [0.4, 0.5) is 17.1 Å². The van der Waals surface area contributed by atoms with Crippen molar-refractivity contribution >= 4 is 121 Å². The van der Waals surface area contributed by atoms with E-state index in [1.807, 2.05) is 35.6 Å². The summed E-state index contributed by atoms with van der Waals surface area (Å²) in [5.74, 6) is 0. The summed E-state index contributed by atoms with van der Waals surface area (Å²) in [4.78, 5) is 2.31. The summed E-state index contributed by atoms with van der Waals surface area (Å²) in [6.07, 6.45) is 0. The highest BCUT2D eigenvalue weighted by Gasteiger charge is 2.49. The van der Waals surface area contributed by atoms with Gasteiger partial charge < -0.3 is 13.7 Å². The van der Waals surface area contributed by atoms with Gasteiger partial charge in [-0.1, -0.05) is 152 Å². The lowest BCUT2D eigenvalue weighted by molar-refractivity contribution is 0.669. The average Bonchev–Trinajstić information content (AvgIpc) is 4.12. The maximum atomic E-state index is 6.45. The van der Waals surface area contributed by atoms with Gasteiger partial charge in [0.15, 0.2) is 8.07 Å². The predicted molar refractivity (Wildman–Crippen MR) is 277 cm³/mol. The van der Waals surface area contributed by atoms with Gasteiger partial charge in [0, 0.05) is 70.9 Å². The number of fused-ring (bicyclic) bond motifs is 13. The van der Waals surface area contributed by atoms with Crippen LogP contribution in [-0.4, -0.2) is 8.07 Å². The minimum atomic E-state index is -2.65. The standard InChI is InChI=1S/C60H37NO2SSi/c1-3-14-42(15-4-1)65(43-16-5-2-6-17-43)56-25-12-9-20-49(56)59-57(65)35-34-55-60(59)58-44(21-13-24-54(58)64-55)38-26-28-39(29-27-38)61(40-30-32-47-45-18-7-10-22-50(45)62-52(47)36-40)41-31-33-48-46-19-8-11-23-51(46)63-53(48)37-41/h1-37H. The smallest absolute Gasteiger partial charge is 0.180 e. The molecule has 0 N–H and O–H groups in total. The Labute approximate surface area is 379 Å². The number of rotatable bonds is 6. The van der Waals surface area contributed by atoms with Gasteiger partial charge in [-0.05, 0) is 104 Å². The Morgan fingerprint density at radius 3 is 1.52 bits per heavy atom. The zero-order valence-electron chi connectivity index (χ0n) is 35.0. The van der Waals surface area contributed by atoms with Crippen LogP contribution >= 0.6 is 11.3 Å². The number of para-hydroxylation sites is 2. The molecule has 1 aliphatic rings. The molecule has 0 saturated carbocycles. The van der Waals surface area contributed by atoms with Crippen LogP contribution in [0.3, 0.4) is 0 Å². The van der Waals surface area contributed by atoms with Crippen molar-refractivity contribution in [3.8, 4) is 22.3 Å².